The zero-order chi connectivity index (χ0) is 25.4. The van der Waals surface area contributed by atoms with Crippen molar-refractivity contribution in [1.82, 2.24) is 10.2 Å². The van der Waals surface area contributed by atoms with Crippen molar-refractivity contribution in [2.45, 2.75) is 24.3 Å². The summed E-state index contributed by atoms with van der Waals surface area (Å²) in [6.45, 7) is 1.44. The van der Waals surface area contributed by atoms with Gasteiger partial charge in [-0.2, -0.15) is 0 Å². The van der Waals surface area contributed by atoms with Gasteiger partial charge in [0.05, 0.1) is 10.6 Å². The Bertz CT molecular complexity index is 1250. The van der Waals surface area contributed by atoms with Crippen LogP contribution in [0.25, 0.3) is 0 Å². The van der Waals surface area contributed by atoms with E-state index in [0.29, 0.717) is 16.6 Å². The van der Waals surface area contributed by atoms with Gasteiger partial charge in [0.1, 0.15) is 12.6 Å². The number of hydrogen-bond donors (Lipinski definition) is 1. The number of carbonyl (C=O) groups excluding carboxylic acids is 2. The molecule has 184 valence electrons. The van der Waals surface area contributed by atoms with Crippen LogP contribution in [0.2, 0.25) is 0 Å². The Morgan fingerprint density at radius 2 is 1.57 bits per heavy atom. The minimum absolute atomic E-state index is 0.0722. The van der Waals surface area contributed by atoms with Gasteiger partial charge in [0.25, 0.3) is 10.0 Å². The summed E-state index contributed by atoms with van der Waals surface area (Å²) in [7, 11) is -2.55. The average Bonchev–Trinajstić information content (AvgIpc) is 2.87. The smallest absolute Gasteiger partial charge is 0.264 e. The number of benzene rings is 3. The summed E-state index contributed by atoms with van der Waals surface area (Å²) in [5, 5.41) is 2.58. The highest BCUT2D eigenvalue weighted by molar-refractivity contribution is 9.10. The molecule has 3 rings (SSSR count). The molecule has 0 spiro atoms. The van der Waals surface area contributed by atoms with Crippen molar-refractivity contribution in [3.8, 4) is 0 Å². The number of anilines is 1. The van der Waals surface area contributed by atoms with Gasteiger partial charge in [-0.25, -0.2) is 8.42 Å². The molecule has 2 amide bonds. The summed E-state index contributed by atoms with van der Waals surface area (Å²) >= 11 is 3.38. The zero-order valence-electron chi connectivity index (χ0n) is 19.6. The largest absolute Gasteiger partial charge is 0.357 e. The van der Waals surface area contributed by atoms with E-state index in [2.05, 4.69) is 21.2 Å². The molecule has 0 saturated carbocycles. The zero-order valence-corrected chi connectivity index (χ0v) is 22.0. The molecule has 35 heavy (non-hydrogen) atoms. The minimum Gasteiger partial charge on any atom is -0.357 e. The molecular formula is C26H28BrN3O4S. The maximum absolute atomic E-state index is 13.6. The van der Waals surface area contributed by atoms with Gasteiger partial charge in [-0.1, -0.05) is 70.5 Å². The Morgan fingerprint density at radius 3 is 2.17 bits per heavy atom. The summed E-state index contributed by atoms with van der Waals surface area (Å²) < 4.78 is 29.0. The van der Waals surface area contributed by atoms with E-state index < -0.39 is 28.5 Å². The summed E-state index contributed by atoms with van der Waals surface area (Å²) in [6, 6.07) is 23.6. The minimum atomic E-state index is -4.05. The lowest BCUT2D eigenvalue weighted by atomic mass is 10.1. The van der Waals surface area contributed by atoms with Crippen molar-refractivity contribution < 1.29 is 18.0 Å². The van der Waals surface area contributed by atoms with Gasteiger partial charge in [-0.05, 0) is 49.2 Å². The maximum atomic E-state index is 13.6. The number of rotatable bonds is 10. The topological polar surface area (TPSA) is 86.8 Å². The second-order valence-corrected chi connectivity index (χ2v) is 10.7. The highest BCUT2D eigenvalue weighted by Crippen LogP contribution is 2.26. The second kappa shape index (κ2) is 12.0. The molecule has 0 aliphatic carbocycles. The van der Waals surface area contributed by atoms with Crippen LogP contribution in [0.1, 0.15) is 12.5 Å². The molecule has 0 fully saturated rings. The van der Waals surface area contributed by atoms with Crippen molar-refractivity contribution in [3.05, 3.63) is 95.0 Å². The normalized spacial score (nSPS) is 12.0. The molecule has 0 radical (unpaired) electrons. The highest BCUT2D eigenvalue weighted by Gasteiger charge is 2.32. The first-order valence-corrected chi connectivity index (χ1v) is 13.4. The van der Waals surface area contributed by atoms with E-state index in [1.165, 1.54) is 24.1 Å². The number of sulfonamides is 1. The first kappa shape index (κ1) is 26.4. The molecule has 0 aliphatic rings. The van der Waals surface area contributed by atoms with Gasteiger partial charge in [0.2, 0.25) is 11.8 Å². The van der Waals surface area contributed by atoms with Crippen molar-refractivity contribution in [2.24, 2.45) is 0 Å². The number of hydrogen-bond acceptors (Lipinski definition) is 4. The summed E-state index contributed by atoms with van der Waals surface area (Å²) in [4.78, 5) is 27.5. The van der Waals surface area contributed by atoms with Gasteiger partial charge in [-0.15, -0.1) is 0 Å². The number of likely N-dealkylation sites (N-methyl/N-ethyl adjacent to an activating group) is 1. The predicted octanol–water partition coefficient (Wildman–Crippen LogP) is 3.85. The van der Waals surface area contributed by atoms with Crippen LogP contribution in [0.4, 0.5) is 5.69 Å². The van der Waals surface area contributed by atoms with E-state index in [9.17, 15) is 18.0 Å². The van der Waals surface area contributed by atoms with Gasteiger partial charge in [-0.3, -0.25) is 13.9 Å². The van der Waals surface area contributed by atoms with Gasteiger partial charge in [0.15, 0.2) is 0 Å². The van der Waals surface area contributed by atoms with Crippen molar-refractivity contribution in [3.63, 3.8) is 0 Å². The van der Waals surface area contributed by atoms with Crippen LogP contribution in [0, 0.1) is 0 Å². The van der Waals surface area contributed by atoms with Gasteiger partial charge >= 0.3 is 0 Å². The van der Waals surface area contributed by atoms with Crippen LogP contribution in [0.3, 0.4) is 0 Å². The highest BCUT2D eigenvalue weighted by atomic mass is 79.9. The van der Waals surface area contributed by atoms with Gasteiger partial charge < -0.3 is 10.2 Å². The molecule has 9 heteroatoms. The molecule has 0 saturated heterocycles. The Balaban J connectivity index is 1.96. The molecule has 0 bridgehead atoms. The summed E-state index contributed by atoms with van der Waals surface area (Å²) in [5.41, 5.74) is 1.35. The van der Waals surface area contributed by atoms with Crippen LogP contribution < -0.4 is 9.62 Å². The van der Waals surface area contributed by atoms with Gasteiger partial charge in [0, 0.05) is 18.1 Å². The van der Waals surface area contributed by atoms with Crippen LogP contribution in [-0.4, -0.2) is 51.3 Å². The lowest BCUT2D eigenvalue weighted by Gasteiger charge is -2.31. The average molecular weight is 558 g/mol. The van der Waals surface area contributed by atoms with Crippen LogP contribution >= 0.6 is 15.9 Å². The van der Waals surface area contributed by atoms with Crippen LogP contribution in [-0.2, 0) is 26.0 Å². The van der Waals surface area contributed by atoms with E-state index in [0.717, 1.165) is 9.87 Å². The number of carbonyl (C=O) groups is 2. The molecular weight excluding hydrogens is 530 g/mol. The molecule has 3 aromatic rings. The molecule has 1 atom stereocenters. The molecule has 1 N–H and O–H groups in total. The van der Waals surface area contributed by atoms with E-state index in [-0.39, 0.29) is 17.3 Å². The Kier molecular flexibility index (Phi) is 9.06. The van der Waals surface area contributed by atoms with Crippen LogP contribution in [0.5, 0.6) is 0 Å². The van der Waals surface area contributed by atoms with Crippen molar-refractivity contribution in [1.29, 1.82) is 0 Å². The third-order valence-electron chi connectivity index (χ3n) is 5.60. The monoisotopic (exact) mass is 557 g/mol. The predicted molar refractivity (Wildman–Crippen MR) is 141 cm³/mol. The fourth-order valence-electron chi connectivity index (χ4n) is 3.66. The van der Waals surface area contributed by atoms with E-state index in [1.807, 2.05) is 30.3 Å². The lowest BCUT2D eigenvalue weighted by Crippen LogP contribution is -2.51. The Hall–Kier alpha value is -3.17. The molecule has 7 nitrogen and oxygen atoms in total. The van der Waals surface area contributed by atoms with E-state index >= 15 is 0 Å². The number of halogens is 1. The fourth-order valence-corrected chi connectivity index (χ4v) is 5.47. The molecule has 0 unspecified atom stereocenters. The van der Waals surface area contributed by atoms with Crippen molar-refractivity contribution in [2.75, 3.05) is 24.4 Å². The number of amides is 2. The summed E-state index contributed by atoms with van der Waals surface area (Å²) in [5.74, 6) is -0.803. The Labute approximate surface area is 214 Å². The molecule has 3 aromatic carbocycles. The Morgan fingerprint density at radius 1 is 0.943 bits per heavy atom. The standard InChI is InChI=1S/C26H28BrN3O4S/c1-20(26(32)28-2)29(17-16-21-10-5-3-6-11-21)25(31)19-30(23-13-9-12-22(27)18-23)35(33,34)24-14-7-4-8-15-24/h3-15,18,20H,16-17,19H2,1-2H3,(H,28,32)/t20-/m1/s1. The fraction of sp³-hybridized carbons (Fsp3) is 0.231. The number of nitrogens with zero attached hydrogens (tertiary/aromatic N) is 2. The third-order valence-corrected chi connectivity index (χ3v) is 7.89. The van der Waals surface area contributed by atoms with Crippen LogP contribution in [0.15, 0.2) is 94.3 Å². The SMILES string of the molecule is CNC(=O)[C@@H](C)N(CCc1ccccc1)C(=O)CN(c1cccc(Br)c1)S(=O)(=O)c1ccccc1. The quantitative estimate of drug-likeness (QED) is 0.410. The summed E-state index contributed by atoms with van der Waals surface area (Å²) in [6.07, 6.45) is 0.524. The molecule has 0 aromatic heterocycles. The number of nitrogens with one attached hydrogen (secondary N) is 1. The van der Waals surface area contributed by atoms with E-state index in [1.54, 1.807) is 49.4 Å². The lowest BCUT2D eigenvalue weighted by molar-refractivity contribution is -0.138. The molecule has 0 heterocycles. The molecule has 0 aliphatic heterocycles. The second-order valence-electron chi connectivity index (χ2n) is 7.92. The first-order valence-electron chi connectivity index (χ1n) is 11.1. The first-order chi connectivity index (χ1) is 16.7. The van der Waals surface area contributed by atoms with E-state index in [4.69, 9.17) is 0 Å². The maximum Gasteiger partial charge on any atom is 0.264 e. The van der Waals surface area contributed by atoms with Crippen molar-refractivity contribution >= 4 is 43.5 Å². The third kappa shape index (κ3) is 6.70.